The number of fused-ring (bicyclic) bond motifs is 1. The zero-order chi connectivity index (χ0) is 17.1. The third-order valence-electron chi connectivity index (χ3n) is 5.10. The highest BCUT2D eigenvalue weighted by Gasteiger charge is 2.43. The maximum Gasteiger partial charge on any atom is 0.123 e. The predicted octanol–water partition coefficient (Wildman–Crippen LogP) is 3.17. The fourth-order valence-electron chi connectivity index (χ4n) is 3.91. The van der Waals surface area contributed by atoms with Gasteiger partial charge in [0.2, 0.25) is 0 Å². The molecule has 2 fully saturated rings. The van der Waals surface area contributed by atoms with E-state index in [0.717, 1.165) is 37.2 Å². The summed E-state index contributed by atoms with van der Waals surface area (Å²) >= 11 is 0. The molecule has 1 aromatic carbocycles. The Morgan fingerprint density at radius 1 is 1.20 bits per heavy atom. The van der Waals surface area contributed by atoms with E-state index < -0.39 is 0 Å². The fourth-order valence-corrected chi connectivity index (χ4v) is 3.91. The highest BCUT2D eigenvalue weighted by atomic mass is 19.1. The zero-order valence-electron chi connectivity index (χ0n) is 14.2. The molecular weight excluding hydrogens is 319 g/mol. The molecule has 25 heavy (non-hydrogen) atoms. The lowest BCUT2D eigenvalue weighted by atomic mass is 10.1. The van der Waals surface area contributed by atoms with Crippen LogP contribution >= 0.6 is 0 Å². The zero-order valence-corrected chi connectivity index (χ0v) is 14.2. The molecule has 4 rings (SSSR count). The number of hydrogen-bond donors (Lipinski definition) is 0. The van der Waals surface area contributed by atoms with Crippen LogP contribution in [-0.2, 0) is 22.6 Å². The highest BCUT2D eigenvalue weighted by molar-refractivity contribution is 5.16. The SMILES string of the molecule is Fc1cccc(CN2CCO[C@H]3[C@H](OCc4ccccn4)CC[C@@H]32)c1. The summed E-state index contributed by atoms with van der Waals surface area (Å²) in [6.45, 7) is 2.85. The maximum absolute atomic E-state index is 13.4. The molecule has 1 saturated heterocycles. The Hall–Kier alpha value is -1.82. The second-order valence-corrected chi connectivity index (χ2v) is 6.75. The van der Waals surface area contributed by atoms with Crippen LogP contribution in [-0.4, -0.2) is 41.3 Å². The molecule has 132 valence electrons. The second kappa shape index (κ2) is 7.60. The van der Waals surface area contributed by atoms with Crippen molar-refractivity contribution in [3.05, 3.63) is 65.7 Å². The molecule has 3 atom stereocenters. The van der Waals surface area contributed by atoms with Crippen LogP contribution in [0.25, 0.3) is 0 Å². The first-order valence-corrected chi connectivity index (χ1v) is 8.91. The van der Waals surface area contributed by atoms with Gasteiger partial charge in [-0.25, -0.2) is 4.39 Å². The fraction of sp³-hybridized carbons (Fsp3) is 0.450. The topological polar surface area (TPSA) is 34.6 Å². The van der Waals surface area contributed by atoms with Crippen LogP contribution in [0, 0.1) is 5.82 Å². The van der Waals surface area contributed by atoms with Gasteiger partial charge in [-0.05, 0) is 42.7 Å². The summed E-state index contributed by atoms with van der Waals surface area (Å²) in [7, 11) is 0. The van der Waals surface area contributed by atoms with Crippen LogP contribution in [0.3, 0.4) is 0 Å². The van der Waals surface area contributed by atoms with Gasteiger partial charge < -0.3 is 9.47 Å². The van der Waals surface area contributed by atoms with Crippen molar-refractivity contribution >= 4 is 0 Å². The number of rotatable bonds is 5. The lowest BCUT2D eigenvalue weighted by molar-refractivity contribution is -0.119. The summed E-state index contributed by atoms with van der Waals surface area (Å²) in [4.78, 5) is 6.72. The van der Waals surface area contributed by atoms with Crippen molar-refractivity contribution in [1.29, 1.82) is 0 Å². The van der Waals surface area contributed by atoms with Crippen LogP contribution in [0.4, 0.5) is 4.39 Å². The van der Waals surface area contributed by atoms with E-state index in [1.165, 1.54) is 6.07 Å². The number of nitrogens with zero attached hydrogens (tertiary/aromatic N) is 2. The number of aromatic nitrogens is 1. The van der Waals surface area contributed by atoms with Crippen LogP contribution in [0.2, 0.25) is 0 Å². The minimum Gasteiger partial charge on any atom is -0.373 e. The van der Waals surface area contributed by atoms with E-state index in [1.807, 2.05) is 24.3 Å². The van der Waals surface area contributed by atoms with Gasteiger partial charge in [-0.15, -0.1) is 0 Å². The molecule has 0 N–H and O–H groups in total. The molecule has 0 spiro atoms. The first kappa shape index (κ1) is 16.6. The number of benzene rings is 1. The number of morpholine rings is 1. The Morgan fingerprint density at radius 3 is 3.00 bits per heavy atom. The third kappa shape index (κ3) is 3.89. The normalized spacial score (nSPS) is 26.5. The van der Waals surface area contributed by atoms with E-state index in [0.29, 0.717) is 19.3 Å². The number of hydrogen-bond acceptors (Lipinski definition) is 4. The van der Waals surface area contributed by atoms with Gasteiger partial charge in [0.25, 0.3) is 0 Å². The Balaban J connectivity index is 1.38. The number of pyridine rings is 1. The molecule has 1 saturated carbocycles. The van der Waals surface area contributed by atoms with Crippen molar-refractivity contribution in [2.45, 2.75) is 44.2 Å². The van der Waals surface area contributed by atoms with Gasteiger partial charge in [0, 0.05) is 25.3 Å². The lowest BCUT2D eigenvalue weighted by Gasteiger charge is -2.39. The van der Waals surface area contributed by atoms with Crippen molar-refractivity contribution < 1.29 is 13.9 Å². The van der Waals surface area contributed by atoms with E-state index in [4.69, 9.17) is 9.47 Å². The van der Waals surface area contributed by atoms with Crippen molar-refractivity contribution in [1.82, 2.24) is 9.88 Å². The average molecular weight is 342 g/mol. The van der Waals surface area contributed by atoms with Gasteiger partial charge in [-0.1, -0.05) is 18.2 Å². The van der Waals surface area contributed by atoms with Gasteiger partial charge in [-0.3, -0.25) is 9.88 Å². The number of halogens is 1. The summed E-state index contributed by atoms with van der Waals surface area (Å²) in [5.74, 6) is -0.176. The quantitative estimate of drug-likeness (QED) is 0.836. The van der Waals surface area contributed by atoms with Crippen molar-refractivity contribution in [3.63, 3.8) is 0 Å². The second-order valence-electron chi connectivity index (χ2n) is 6.75. The van der Waals surface area contributed by atoms with E-state index in [2.05, 4.69) is 9.88 Å². The third-order valence-corrected chi connectivity index (χ3v) is 5.10. The Kier molecular flexibility index (Phi) is 5.06. The Labute approximate surface area is 147 Å². The molecule has 2 aromatic rings. The van der Waals surface area contributed by atoms with Gasteiger partial charge >= 0.3 is 0 Å². The van der Waals surface area contributed by atoms with Gasteiger partial charge in [-0.2, -0.15) is 0 Å². The monoisotopic (exact) mass is 342 g/mol. The lowest BCUT2D eigenvalue weighted by Crippen LogP contribution is -2.51. The summed E-state index contributed by atoms with van der Waals surface area (Å²) in [6.07, 6.45) is 4.01. The largest absolute Gasteiger partial charge is 0.373 e. The molecule has 2 heterocycles. The smallest absolute Gasteiger partial charge is 0.123 e. The number of ether oxygens (including phenoxy) is 2. The molecule has 0 radical (unpaired) electrons. The van der Waals surface area contributed by atoms with Crippen molar-refractivity contribution in [3.8, 4) is 0 Å². The molecule has 0 unspecified atom stereocenters. The van der Waals surface area contributed by atoms with Gasteiger partial charge in [0.15, 0.2) is 0 Å². The molecular formula is C20H23FN2O2. The van der Waals surface area contributed by atoms with Crippen LogP contribution in [0.1, 0.15) is 24.1 Å². The van der Waals surface area contributed by atoms with Crippen LogP contribution in [0.15, 0.2) is 48.7 Å². The molecule has 4 nitrogen and oxygen atoms in total. The summed E-state index contributed by atoms with van der Waals surface area (Å²) in [6, 6.07) is 13.1. The molecule has 1 aliphatic carbocycles. The van der Waals surface area contributed by atoms with E-state index in [9.17, 15) is 4.39 Å². The van der Waals surface area contributed by atoms with Crippen molar-refractivity contribution in [2.24, 2.45) is 0 Å². The van der Waals surface area contributed by atoms with Crippen LogP contribution in [0.5, 0.6) is 0 Å². The first-order chi connectivity index (χ1) is 12.3. The molecule has 0 amide bonds. The Morgan fingerprint density at radius 2 is 2.16 bits per heavy atom. The van der Waals surface area contributed by atoms with E-state index in [-0.39, 0.29) is 18.0 Å². The molecule has 1 aliphatic heterocycles. The summed E-state index contributed by atoms with van der Waals surface area (Å²) in [5.41, 5.74) is 1.96. The van der Waals surface area contributed by atoms with E-state index >= 15 is 0 Å². The van der Waals surface area contributed by atoms with Gasteiger partial charge in [0.05, 0.1) is 31.1 Å². The minimum absolute atomic E-state index is 0.0889. The summed E-state index contributed by atoms with van der Waals surface area (Å²) in [5, 5.41) is 0. The molecule has 1 aromatic heterocycles. The van der Waals surface area contributed by atoms with Crippen molar-refractivity contribution in [2.75, 3.05) is 13.2 Å². The van der Waals surface area contributed by atoms with E-state index in [1.54, 1.807) is 18.3 Å². The highest BCUT2D eigenvalue weighted by Crippen LogP contribution is 2.33. The molecule has 5 heteroatoms. The average Bonchev–Trinajstić information content (AvgIpc) is 3.05. The predicted molar refractivity (Wildman–Crippen MR) is 92.4 cm³/mol. The van der Waals surface area contributed by atoms with Crippen LogP contribution < -0.4 is 0 Å². The molecule has 0 bridgehead atoms. The molecule has 2 aliphatic rings. The minimum atomic E-state index is -0.176. The summed E-state index contributed by atoms with van der Waals surface area (Å²) < 4.78 is 25.6. The van der Waals surface area contributed by atoms with Gasteiger partial charge in [0.1, 0.15) is 5.82 Å². The first-order valence-electron chi connectivity index (χ1n) is 8.91. The standard InChI is InChI=1S/C20H23FN2O2/c21-16-5-3-4-15(12-16)13-23-10-11-24-20-18(23)7-8-19(20)25-14-17-6-1-2-9-22-17/h1-6,9,12,18-20H,7-8,10-11,13-14H2/t18-,19+,20+/m0/s1. The maximum atomic E-state index is 13.4. The Bertz CT molecular complexity index is 697.